The van der Waals surface area contributed by atoms with Gasteiger partial charge in [-0.15, -0.1) is 11.3 Å². The van der Waals surface area contributed by atoms with E-state index in [0.29, 0.717) is 18.4 Å². The molecule has 2 fully saturated rings. The monoisotopic (exact) mass is 357 g/mol. The Labute approximate surface area is 151 Å². The summed E-state index contributed by atoms with van der Waals surface area (Å²) in [6, 6.07) is 7.79. The molecular formula is C19H23N3O2S. The van der Waals surface area contributed by atoms with Crippen LogP contribution in [0.15, 0.2) is 29.6 Å². The lowest BCUT2D eigenvalue weighted by Crippen LogP contribution is -2.31. The average molecular weight is 357 g/mol. The Morgan fingerprint density at radius 3 is 2.84 bits per heavy atom. The van der Waals surface area contributed by atoms with Crippen LogP contribution in [0.1, 0.15) is 37.3 Å². The van der Waals surface area contributed by atoms with E-state index in [4.69, 9.17) is 9.72 Å². The molecule has 1 saturated carbocycles. The molecule has 1 saturated heterocycles. The number of nitrogens with zero attached hydrogens (tertiary/aromatic N) is 1. The summed E-state index contributed by atoms with van der Waals surface area (Å²) < 4.78 is 5.43. The molecule has 132 valence electrons. The average Bonchev–Trinajstić information content (AvgIpc) is 3.39. The normalized spacial score (nSPS) is 18.1. The van der Waals surface area contributed by atoms with Crippen LogP contribution < -0.4 is 10.6 Å². The van der Waals surface area contributed by atoms with Crippen LogP contribution in [0.2, 0.25) is 0 Å². The van der Waals surface area contributed by atoms with Crippen LogP contribution in [0.25, 0.3) is 10.6 Å². The van der Waals surface area contributed by atoms with Crippen molar-refractivity contribution in [3.8, 4) is 10.6 Å². The minimum atomic E-state index is -0.384. The summed E-state index contributed by atoms with van der Waals surface area (Å²) in [5.74, 6) is 1.10. The molecule has 1 aliphatic heterocycles. The van der Waals surface area contributed by atoms with Crippen molar-refractivity contribution in [2.75, 3.05) is 25.0 Å². The van der Waals surface area contributed by atoms with Gasteiger partial charge in [0.15, 0.2) is 0 Å². The summed E-state index contributed by atoms with van der Waals surface area (Å²) in [4.78, 5) is 16.9. The largest absolute Gasteiger partial charge is 0.449 e. The standard InChI is InChI=1S/C19H23N3O2S/c23-19(24-11-13-7-9-20-10-8-13)22-16-4-2-1-3-15(16)18-21-17(12-25-18)14-5-6-14/h1-4,12-14,20H,5-11H2,(H,22,23). The van der Waals surface area contributed by atoms with Crippen molar-refractivity contribution >= 4 is 23.1 Å². The van der Waals surface area contributed by atoms with Gasteiger partial charge < -0.3 is 10.1 Å². The molecule has 0 radical (unpaired) electrons. The van der Waals surface area contributed by atoms with Crippen molar-refractivity contribution in [1.82, 2.24) is 10.3 Å². The van der Waals surface area contributed by atoms with Crippen molar-refractivity contribution in [1.29, 1.82) is 0 Å². The van der Waals surface area contributed by atoms with Crippen LogP contribution >= 0.6 is 11.3 Å². The van der Waals surface area contributed by atoms with E-state index in [1.807, 2.05) is 24.3 Å². The Kier molecular flexibility index (Phi) is 4.99. The third kappa shape index (κ3) is 4.19. The summed E-state index contributed by atoms with van der Waals surface area (Å²) in [7, 11) is 0. The van der Waals surface area contributed by atoms with E-state index < -0.39 is 0 Å². The molecule has 25 heavy (non-hydrogen) atoms. The van der Waals surface area contributed by atoms with Gasteiger partial charge in [-0.2, -0.15) is 0 Å². The molecule has 1 amide bonds. The lowest BCUT2D eigenvalue weighted by atomic mass is 9.99. The molecule has 0 unspecified atom stereocenters. The van der Waals surface area contributed by atoms with E-state index >= 15 is 0 Å². The van der Waals surface area contributed by atoms with Crippen LogP contribution in [0.4, 0.5) is 10.5 Å². The number of hydrogen-bond acceptors (Lipinski definition) is 5. The number of ether oxygens (including phenoxy) is 1. The summed E-state index contributed by atoms with van der Waals surface area (Å²) >= 11 is 1.64. The highest BCUT2D eigenvalue weighted by molar-refractivity contribution is 7.13. The smallest absolute Gasteiger partial charge is 0.411 e. The third-order valence-corrected chi connectivity index (χ3v) is 5.71. The highest BCUT2D eigenvalue weighted by atomic mass is 32.1. The third-order valence-electron chi connectivity index (χ3n) is 4.82. The van der Waals surface area contributed by atoms with Gasteiger partial charge in [0.05, 0.1) is 18.0 Å². The zero-order chi connectivity index (χ0) is 17.1. The van der Waals surface area contributed by atoms with Crippen LogP contribution in [0.5, 0.6) is 0 Å². The van der Waals surface area contributed by atoms with Gasteiger partial charge in [-0.3, -0.25) is 5.32 Å². The number of anilines is 1. The molecule has 2 aliphatic rings. The number of thiazole rings is 1. The summed E-state index contributed by atoms with van der Waals surface area (Å²) in [5, 5.41) is 9.31. The van der Waals surface area contributed by atoms with Gasteiger partial charge in [-0.25, -0.2) is 9.78 Å². The van der Waals surface area contributed by atoms with Crippen molar-refractivity contribution in [3.63, 3.8) is 0 Å². The molecular weight excluding hydrogens is 334 g/mol. The van der Waals surface area contributed by atoms with Gasteiger partial charge in [-0.05, 0) is 56.8 Å². The highest BCUT2D eigenvalue weighted by Crippen LogP contribution is 2.42. The summed E-state index contributed by atoms with van der Waals surface area (Å²) in [5.41, 5.74) is 2.90. The number of carbonyl (C=O) groups excluding carboxylic acids is 1. The molecule has 0 atom stereocenters. The molecule has 5 nitrogen and oxygen atoms in total. The zero-order valence-corrected chi connectivity index (χ0v) is 15.0. The van der Waals surface area contributed by atoms with Gasteiger partial charge in [0.25, 0.3) is 0 Å². The number of amides is 1. The Bertz CT molecular complexity index is 736. The second kappa shape index (κ2) is 7.54. The van der Waals surface area contributed by atoms with Crippen molar-refractivity contribution in [3.05, 3.63) is 35.3 Å². The predicted octanol–water partition coefficient (Wildman–Crippen LogP) is 4.24. The van der Waals surface area contributed by atoms with Gasteiger partial charge in [0.1, 0.15) is 5.01 Å². The molecule has 1 aromatic heterocycles. The van der Waals surface area contributed by atoms with Crippen molar-refractivity contribution in [2.24, 2.45) is 5.92 Å². The fourth-order valence-corrected chi connectivity index (χ4v) is 4.08. The first-order valence-corrected chi connectivity index (χ1v) is 9.87. The Hall–Kier alpha value is -1.92. The zero-order valence-electron chi connectivity index (χ0n) is 14.2. The van der Waals surface area contributed by atoms with E-state index in [2.05, 4.69) is 16.0 Å². The number of piperidine rings is 1. The topological polar surface area (TPSA) is 63.2 Å². The van der Waals surface area contributed by atoms with E-state index in [1.54, 1.807) is 11.3 Å². The molecule has 2 N–H and O–H groups in total. The lowest BCUT2D eigenvalue weighted by molar-refractivity contribution is 0.131. The first-order chi connectivity index (χ1) is 12.3. The molecule has 0 spiro atoms. The first kappa shape index (κ1) is 16.5. The van der Waals surface area contributed by atoms with E-state index in [1.165, 1.54) is 18.5 Å². The molecule has 2 heterocycles. The fraction of sp³-hybridized carbons (Fsp3) is 0.474. The SMILES string of the molecule is O=C(Nc1ccccc1-c1nc(C2CC2)cs1)OCC1CCNCC1. The molecule has 0 bridgehead atoms. The molecule has 1 aliphatic carbocycles. The second-order valence-corrected chi connectivity index (χ2v) is 7.67. The quantitative estimate of drug-likeness (QED) is 0.840. The van der Waals surface area contributed by atoms with Crippen LogP contribution in [0.3, 0.4) is 0 Å². The molecule has 6 heteroatoms. The minimum absolute atomic E-state index is 0.384. The predicted molar refractivity (Wildman–Crippen MR) is 100 cm³/mol. The maximum Gasteiger partial charge on any atom is 0.411 e. The van der Waals surface area contributed by atoms with Gasteiger partial charge in [0.2, 0.25) is 0 Å². The van der Waals surface area contributed by atoms with Gasteiger partial charge in [0, 0.05) is 16.9 Å². The van der Waals surface area contributed by atoms with Crippen LogP contribution in [0, 0.1) is 5.92 Å². The minimum Gasteiger partial charge on any atom is -0.449 e. The van der Waals surface area contributed by atoms with E-state index in [0.717, 1.165) is 42.2 Å². The first-order valence-electron chi connectivity index (χ1n) is 8.99. The summed E-state index contributed by atoms with van der Waals surface area (Å²) in [6.07, 6.45) is 4.22. The number of para-hydroxylation sites is 1. The molecule has 4 rings (SSSR count). The van der Waals surface area contributed by atoms with E-state index in [9.17, 15) is 4.79 Å². The molecule has 2 aromatic rings. The number of hydrogen-bond donors (Lipinski definition) is 2. The number of rotatable bonds is 5. The molecule has 1 aromatic carbocycles. The Morgan fingerprint density at radius 2 is 2.04 bits per heavy atom. The number of benzene rings is 1. The maximum absolute atomic E-state index is 12.2. The second-order valence-electron chi connectivity index (χ2n) is 6.81. The van der Waals surface area contributed by atoms with Gasteiger partial charge >= 0.3 is 6.09 Å². The Morgan fingerprint density at radius 1 is 1.24 bits per heavy atom. The number of carbonyl (C=O) groups is 1. The number of nitrogens with one attached hydrogen (secondary N) is 2. The fourth-order valence-electron chi connectivity index (χ4n) is 3.14. The lowest BCUT2D eigenvalue weighted by Gasteiger charge is -2.22. The van der Waals surface area contributed by atoms with Crippen LogP contribution in [-0.2, 0) is 4.74 Å². The highest BCUT2D eigenvalue weighted by Gasteiger charge is 2.26. The van der Waals surface area contributed by atoms with Crippen molar-refractivity contribution in [2.45, 2.75) is 31.6 Å². The van der Waals surface area contributed by atoms with Gasteiger partial charge in [-0.1, -0.05) is 12.1 Å². The van der Waals surface area contributed by atoms with Crippen LogP contribution in [-0.4, -0.2) is 30.8 Å². The Balaban J connectivity index is 1.40. The maximum atomic E-state index is 12.2. The van der Waals surface area contributed by atoms with Crippen molar-refractivity contribution < 1.29 is 9.53 Å². The summed E-state index contributed by atoms with van der Waals surface area (Å²) in [6.45, 7) is 2.50. The van der Waals surface area contributed by atoms with E-state index in [-0.39, 0.29) is 6.09 Å². The number of aromatic nitrogens is 1.